The first-order valence-corrected chi connectivity index (χ1v) is 14.5. The Morgan fingerprint density at radius 2 is 2.20 bits per heavy atom. The van der Waals surface area contributed by atoms with Crippen LogP contribution < -0.4 is 11.1 Å². The number of halogens is 1. The van der Waals surface area contributed by atoms with Crippen molar-refractivity contribution < 1.29 is 28.1 Å². The number of anilines is 1. The lowest BCUT2D eigenvalue weighted by Gasteiger charge is -2.23. The maximum atomic E-state index is 13.4. The minimum absolute atomic E-state index is 0.0349. The molecule has 0 aromatic carbocycles. The lowest BCUT2D eigenvalue weighted by Crippen LogP contribution is -2.32. The second kappa shape index (κ2) is 14.8. The van der Waals surface area contributed by atoms with E-state index in [1.54, 1.807) is 4.57 Å². The summed E-state index contributed by atoms with van der Waals surface area (Å²) in [4.78, 5) is 31.7. The van der Waals surface area contributed by atoms with Gasteiger partial charge in [-0.05, 0) is 44.6 Å². The maximum Gasteiger partial charge on any atom is 0.320 e. The molecule has 4 rings (SSSR count). The lowest BCUT2D eigenvalue weighted by molar-refractivity contribution is -0.141. The molecule has 41 heavy (non-hydrogen) atoms. The standard InChI is InChI=1S/C16H27NO2.C12H13FN5O3P/c1-6-13(4)17-9-16(18)19-10-15-8-11(2)7-12(3)14(15)5;1-2-12(5-20-22-19)4-3-7(21-12)18-6-15-8-9(14)16-11(13)17-10(8)18/h7-8,11,13-14,17H,6,9-10H2,1-5H3;1,6-7,19,22H,3-5H2,(H2,14,16,17). The van der Waals surface area contributed by atoms with Crippen LogP contribution in [0.3, 0.4) is 0 Å². The summed E-state index contributed by atoms with van der Waals surface area (Å²) < 4.78 is 31.1. The van der Waals surface area contributed by atoms with Crippen molar-refractivity contribution in [3.63, 3.8) is 0 Å². The van der Waals surface area contributed by atoms with Crippen LogP contribution in [0.2, 0.25) is 0 Å². The van der Waals surface area contributed by atoms with Gasteiger partial charge in [0.05, 0.1) is 19.5 Å². The van der Waals surface area contributed by atoms with Crippen molar-refractivity contribution in [1.82, 2.24) is 24.8 Å². The van der Waals surface area contributed by atoms with Gasteiger partial charge in [0.15, 0.2) is 31.6 Å². The SMILES string of the molecule is C#CC1(COPO)CCC(n2cnc3c(N)nc(F)nc32)O1.CCC(C)NCC(=O)OCC1=CC(C)C=C(C)C1C. The van der Waals surface area contributed by atoms with Crippen LogP contribution in [0.4, 0.5) is 10.2 Å². The number of esters is 1. The summed E-state index contributed by atoms with van der Waals surface area (Å²) in [5.41, 5.74) is 7.81. The van der Waals surface area contributed by atoms with E-state index in [-0.39, 0.29) is 24.0 Å². The average molecular weight is 591 g/mol. The Morgan fingerprint density at radius 3 is 2.88 bits per heavy atom. The van der Waals surface area contributed by atoms with Crippen molar-refractivity contribution in [2.75, 3.05) is 25.5 Å². The van der Waals surface area contributed by atoms with Crippen LogP contribution in [0, 0.1) is 30.3 Å². The fraction of sp³-hybridized carbons (Fsp3) is 0.571. The average Bonchev–Trinajstić information content (AvgIpc) is 3.57. The molecule has 0 saturated carbocycles. The van der Waals surface area contributed by atoms with Crippen LogP contribution in [0.1, 0.15) is 60.1 Å². The van der Waals surface area contributed by atoms with E-state index in [1.165, 1.54) is 17.5 Å². The van der Waals surface area contributed by atoms with E-state index in [4.69, 9.17) is 31.0 Å². The lowest BCUT2D eigenvalue weighted by atomic mass is 9.85. The summed E-state index contributed by atoms with van der Waals surface area (Å²) >= 11 is 0. The second-order valence-corrected chi connectivity index (χ2v) is 10.9. The smallest absolute Gasteiger partial charge is 0.320 e. The molecule has 0 spiro atoms. The van der Waals surface area contributed by atoms with Crippen molar-refractivity contribution in [2.24, 2.45) is 11.8 Å². The van der Waals surface area contributed by atoms with E-state index >= 15 is 0 Å². The van der Waals surface area contributed by atoms with E-state index in [2.05, 4.69) is 73.0 Å². The Bertz CT molecular complexity index is 1310. The van der Waals surface area contributed by atoms with Gasteiger partial charge in [-0.25, -0.2) is 4.98 Å². The third kappa shape index (κ3) is 8.53. The number of imidazole rings is 1. The number of nitrogens with two attached hydrogens (primary N) is 1. The fourth-order valence-electron chi connectivity index (χ4n) is 4.63. The predicted octanol–water partition coefficient (Wildman–Crippen LogP) is 3.82. The predicted molar refractivity (Wildman–Crippen MR) is 156 cm³/mol. The number of fused-ring (bicyclic) bond motifs is 1. The normalized spacial score (nSPS) is 24.9. The van der Waals surface area contributed by atoms with Gasteiger partial charge in [0.1, 0.15) is 12.8 Å². The van der Waals surface area contributed by atoms with E-state index in [9.17, 15) is 9.18 Å². The molecule has 1 aliphatic heterocycles. The van der Waals surface area contributed by atoms with Crippen LogP contribution >= 0.6 is 9.03 Å². The number of nitrogen functional groups attached to an aromatic ring is 1. The van der Waals surface area contributed by atoms with Crippen LogP contribution in [0.25, 0.3) is 11.2 Å². The Balaban J connectivity index is 0.000000229. The maximum absolute atomic E-state index is 13.4. The molecule has 11 nitrogen and oxygen atoms in total. The first-order chi connectivity index (χ1) is 19.5. The molecule has 0 bridgehead atoms. The molecule has 1 fully saturated rings. The second-order valence-electron chi connectivity index (χ2n) is 10.4. The van der Waals surface area contributed by atoms with Crippen molar-refractivity contribution in [2.45, 2.75) is 71.8 Å². The third-order valence-electron chi connectivity index (χ3n) is 7.37. The summed E-state index contributed by atoms with van der Waals surface area (Å²) in [6, 6.07) is 0.352. The highest BCUT2D eigenvalue weighted by atomic mass is 31.1. The van der Waals surface area contributed by atoms with Gasteiger partial charge in [-0.2, -0.15) is 14.4 Å². The topological polar surface area (TPSA) is 147 Å². The van der Waals surface area contributed by atoms with Gasteiger partial charge in [0, 0.05) is 12.0 Å². The summed E-state index contributed by atoms with van der Waals surface area (Å²) in [7, 11) is -0.667. The molecule has 1 saturated heterocycles. The molecule has 2 aliphatic rings. The molecular formula is C28H40FN6O5P. The zero-order chi connectivity index (χ0) is 30.2. The first-order valence-electron chi connectivity index (χ1n) is 13.6. The Morgan fingerprint density at radius 1 is 1.44 bits per heavy atom. The Hall–Kier alpha value is -2.94. The van der Waals surface area contributed by atoms with Gasteiger partial charge in [-0.1, -0.05) is 44.4 Å². The molecular weight excluding hydrogens is 550 g/mol. The number of ether oxygens (including phenoxy) is 2. The van der Waals surface area contributed by atoms with Crippen LogP contribution in [-0.4, -0.2) is 61.8 Å². The highest BCUT2D eigenvalue weighted by molar-refractivity contribution is 7.24. The van der Waals surface area contributed by atoms with Crippen molar-refractivity contribution in [3.05, 3.63) is 35.7 Å². The molecule has 6 atom stereocenters. The van der Waals surface area contributed by atoms with E-state index in [0.29, 0.717) is 49.4 Å². The van der Waals surface area contributed by atoms with Crippen LogP contribution in [-0.2, 0) is 18.8 Å². The number of nitrogens with one attached hydrogen (secondary N) is 1. The van der Waals surface area contributed by atoms with Crippen LogP contribution in [0.5, 0.6) is 0 Å². The molecule has 0 amide bonds. The van der Waals surface area contributed by atoms with Gasteiger partial charge in [0.2, 0.25) is 0 Å². The highest BCUT2D eigenvalue weighted by Crippen LogP contribution is 2.38. The van der Waals surface area contributed by atoms with Crippen molar-refractivity contribution >= 4 is 32.0 Å². The molecule has 13 heteroatoms. The number of aromatic nitrogens is 4. The minimum Gasteiger partial charge on any atom is -0.460 e. The molecule has 2 aromatic rings. The van der Waals surface area contributed by atoms with Crippen LogP contribution in [0.15, 0.2) is 29.6 Å². The van der Waals surface area contributed by atoms with Gasteiger partial charge in [-0.15, -0.1) is 6.42 Å². The number of hydrogen-bond donors (Lipinski definition) is 3. The summed E-state index contributed by atoms with van der Waals surface area (Å²) in [5, 5.41) is 3.14. The molecule has 0 radical (unpaired) electrons. The molecule has 1 aliphatic carbocycles. The first kappa shape index (κ1) is 32.6. The van der Waals surface area contributed by atoms with Crippen molar-refractivity contribution in [1.29, 1.82) is 0 Å². The molecule has 6 unspecified atom stereocenters. The minimum atomic E-state index is -0.936. The number of carbonyl (C=O) groups excluding carboxylic acids is 1. The Kier molecular flexibility index (Phi) is 11.8. The molecule has 2 aromatic heterocycles. The summed E-state index contributed by atoms with van der Waals surface area (Å²) in [6.45, 7) is 11.4. The number of terminal acetylenes is 1. The molecule has 3 heterocycles. The molecule has 224 valence electrons. The fourth-order valence-corrected chi connectivity index (χ4v) is 4.92. The van der Waals surface area contributed by atoms with Crippen molar-refractivity contribution in [3.8, 4) is 12.3 Å². The quantitative estimate of drug-likeness (QED) is 0.123. The number of carbonyl (C=O) groups is 1. The van der Waals surface area contributed by atoms with Gasteiger partial charge in [-0.3, -0.25) is 9.36 Å². The molecule has 4 N–H and O–H groups in total. The third-order valence-corrected chi connectivity index (χ3v) is 7.64. The number of hydrogen-bond acceptors (Lipinski definition) is 10. The summed E-state index contributed by atoms with van der Waals surface area (Å²) in [6.07, 6.45) is 12.2. The highest BCUT2D eigenvalue weighted by Gasteiger charge is 2.40. The zero-order valence-electron chi connectivity index (χ0n) is 24.2. The summed E-state index contributed by atoms with van der Waals surface area (Å²) in [5.74, 6) is 3.16. The van der Waals surface area contributed by atoms with Gasteiger partial charge >= 0.3 is 12.0 Å². The number of allylic oxidation sites excluding steroid dienone is 3. The van der Waals surface area contributed by atoms with Gasteiger partial charge in [0.25, 0.3) is 0 Å². The largest absolute Gasteiger partial charge is 0.460 e. The Labute approximate surface area is 242 Å². The number of nitrogens with zero attached hydrogens (tertiary/aromatic N) is 4. The monoisotopic (exact) mass is 590 g/mol. The number of rotatable bonds is 10. The van der Waals surface area contributed by atoms with E-state index in [1.807, 2.05) is 0 Å². The van der Waals surface area contributed by atoms with Gasteiger partial charge < -0.3 is 29.9 Å². The zero-order valence-corrected chi connectivity index (χ0v) is 25.2. The van der Waals surface area contributed by atoms with E-state index < -0.39 is 26.9 Å². The van der Waals surface area contributed by atoms with E-state index in [0.717, 1.165) is 6.42 Å².